The second kappa shape index (κ2) is 12.5. The third kappa shape index (κ3) is 7.22. The van der Waals surface area contributed by atoms with Gasteiger partial charge in [0.25, 0.3) is 5.91 Å². The van der Waals surface area contributed by atoms with E-state index in [0.717, 1.165) is 18.4 Å². The van der Waals surface area contributed by atoms with E-state index in [1.807, 2.05) is 25.1 Å². The smallest absolute Gasteiger partial charge is 0.261 e. The number of para-hydroxylation sites is 1. The van der Waals surface area contributed by atoms with Gasteiger partial charge >= 0.3 is 0 Å². The average Bonchev–Trinajstić information content (AvgIpc) is 2.75. The van der Waals surface area contributed by atoms with Crippen LogP contribution < -0.4 is 10.1 Å². The predicted octanol–water partition coefficient (Wildman–Crippen LogP) is 5.10. The molecule has 0 aliphatic rings. The molecule has 30 heavy (non-hydrogen) atoms. The van der Waals surface area contributed by atoms with Crippen molar-refractivity contribution in [3.63, 3.8) is 0 Å². The standard InChI is InChI=1S/C23H28Cl2N2O3/c1-3-5-13-26-23(29)21(4-2)27(15-17-11-12-19(24)20(25)14-17)22(28)16-30-18-9-7-6-8-10-18/h6-12,14,21H,3-5,13,15-16H2,1-2H3,(H,26,29)/t21-/m0/s1. The topological polar surface area (TPSA) is 58.6 Å². The van der Waals surface area contributed by atoms with Crippen molar-refractivity contribution in [1.29, 1.82) is 0 Å². The van der Waals surface area contributed by atoms with Crippen molar-refractivity contribution in [3.05, 3.63) is 64.1 Å². The summed E-state index contributed by atoms with van der Waals surface area (Å²) in [4.78, 5) is 27.4. The van der Waals surface area contributed by atoms with Gasteiger partial charge in [-0.3, -0.25) is 9.59 Å². The van der Waals surface area contributed by atoms with Crippen LogP contribution in [0.1, 0.15) is 38.7 Å². The van der Waals surface area contributed by atoms with Crippen LogP contribution in [0.5, 0.6) is 5.75 Å². The lowest BCUT2D eigenvalue weighted by atomic mass is 10.1. The first-order valence-corrected chi connectivity index (χ1v) is 10.9. The largest absolute Gasteiger partial charge is 0.484 e. The fraction of sp³-hybridized carbons (Fsp3) is 0.391. The van der Waals surface area contributed by atoms with Crippen molar-refractivity contribution in [1.82, 2.24) is 10.2 Å². The molecule has 2 aromatic carbocycles. The lowest BCUT2D eigenvalue weighted by Crippen LogP contribution is -2.50. The number of halogens is 2. The molecule has 0 heterocycles. The Bertz CT molecular complexity index is 830. The maximum atomic E-state index is 13.1. The highest BCUT2D eigenvalue weighted by Gasteiger charge is 2.29. The molecule has 0 aliphatic heterocycles. The van der Waals surface area contributed by atoms with Crippen molar-refractivity contribution in [2.45, 2.75) is 45.7 Å². The van der Waals surface area contributed by atoms with Crippen LogP contribution in [0.2, 0.25) is 10.0 Å². The summed E-state index contributed by atoms with van der Waals surface area (Å²) in [5, 5.41) is 3.77. The summed E-state index contributed by atoms with van der Waals surface area (Å²) in [6, 6.07) is 13.7. The number of carbonyl (C=O) groups excluding carboxylic acids is 2. The van der Waals surface area contributed by atoms with Gasteiger partial charge in [-0.1, -0.05) is 67.7 Å². The molecule has 0 radical (unpaired) electrons. The first-order valence-electron chi connectivity index (χ1n) is 10.1. The van der Waals surface area contributed by atoms with Gasteiger partial charge in [0, 0.05) is 13.1 Å². The normalized spacial score (nSPS) is 11.6. The highest BCUT2D eigenvalue weighted by atomic mass is 35.5. The van der Waals surface area contributed by atoms with Gasteiger partial charge in [-0.15, -0.1) is 0 Å². The maximum absolute atomic E-state index is 13.1. The lowest BCUT2D eigenvalue weighted by molar-refractivity contribution is -0.143. The molecule has 0 bridgehead atoms. The van der Waals surface area contributed by atoms with Gasteiger partial charge in [-0.2, -0.15) is 0 Å². The van der Waals surface area contributed by atoms with Gasteiger partial charge < -0.3 is 15.0 Å². The Morgan fingerprint density at radius 3 is 2.43 bits per heavy atom. The molecule has 0 saturated heterocycles. The predicted molar refractivity (Wildman–Crippen MR) is 121 cm³/mol. The van der Waals surface area contributed by atoms with Crippen LogP contribution in [0, 0.1) is 0 Å². The van der Waals surface area contributed by atoms with Gasteiger partial charge in [0.05, 0.1) is 10.0 Å². The molecular formula is C23H28Cl2N2O3. The molecule has 162 valence electrons. The molecule has 7 heteroatoms. The Morgan fingerprint density at radius 2 is 1.80 bits per heavy atom. The van der Waals surface area contributed by atoms with Crippen molar-refractivity contribution in [2.24, 2.45) is 0 Å². The van der Waals surface area contributed by atoms with Crippen LogP contribution in [0.4, 0.5) is 0 Å². The molecule has 1 atom stereocenters. The van der Waals surface area contributed by atoms with E-state index in [2.05, 4.69) is 12.2 Å². The number of carbonyl (C=O) groups is 2. The number of hydrogen-bond donors (Lipinski definition) is 1. The second-order valence-electron chi connectivity index (χ2n) is 6.94. The maximum Gasteiger partial charge on any atom is 0.261 e. The summed E-state index contributed by atoms with van der Waals surface area (Å²) in [6.07, 6.45) is 2.35. The number of nitrogens with zero attached hydrogens (tertiary/aromatic N) is 1. The quantitative estimate of drug-likeness (QED) is 0.484. The highest BCUT2D eigenvalue weighted by Crippen LogP contribution is 2.24. The third-order valence-corrected chi connectivity index (χ3v) is 5.40. The molecule has 0 fully saturated rings. The fourth-order valence-electron chi connectivity index (χ4n) is 3.01. The van der Waals surface area contributed by atoms with E-state index in [0.29, 0.717) is 28.8 Å². The zero-order valence-electron chi connectivity index (χ0n) is 17.4. The number of rotatable bonds is 11. The molecular weight excluding hydrogens is 423 g/mol. The minimum Gasteiger partial charge on any atom is -0.484 e. The number of ether oxygens (including phenoxy) is 1. The number of hydrogen-bond acceptors (Lipinski definition) is 3. The Morgan fingerprint density at radius 1 is 1.07 bits per heavy atom. The fourth-order valence-corrected chi connectivity index (χ4v) is 3.33. The van der Waals surface area contributed by atoms with Crippen molar-refractivity contribution in [2.75, 3.05) is 13.2 Å². The number of unbranched alkanes of at least 4 members (excludes halogenated alkanes) is 1. The van der Waals surface area contributed by atoms with E-state index in [-0.39, 0.29) is 25.0 Å². The van der Waals surface area contributed by atoms with E-state index in [9.17, 15) is 9.59 Å². The van der Waals surface area contributed by atoms with Gasteiger partial charge in [0.15, 0.2) is 6.61 Å². The molecule has 2 amide bonds. The molecule has 0 saturated carbocycles. The zero-order valence-corrected chi connectivity index (χ0v) is 18.9. The summed E-state index contributed by atoms with van der Waals surface area (Å²) in [6.45, 7) is 4.60. The average molecular weight is 451 g/mol. The van der Waals surface area contributed by atoms with Crippen LogP contribution in [-0.4, -0.2) is 35.9 Å². The number of nitrogens with one attached hydrogen (secondary N) is 1. The Balaban J connectivity index is 2.19. The summed E-state index contributed by atoms with van der Waals surface area (Å²) in [5.74, 6) is 0.155. The van der Waals surface area contributed by atoms with E-state index < -0.39 is 6.04 Å². The third-order valence-electron chi connectivity index (χ3n) is 4.66. The SMILES string of the molecule is CCCCNC(=O)[C@H](CC)N(Cc1ccc(Cl)c(Cl)c1)C(=O)COc1ccccc1. The highest BCUT2D eigenvalue weighted by molar-refractivity contribution is 6.42. The molecule has 0 unspecified atom stereocenters. The molecule has 1 N–H and O–H groups in total. The zero-order chi connectivity index (χ0) is 21.9. The minimum atomic E-state index is -0.608. The molecule has 5 nitrogen and oxygen atoms in total. The molecule has 0 spiro atoms. The van der Waals surface area contributed by atoms with Crippen molar-refractivity contribution in [3.8, 4) is 5.75 Å². The first kappa shape index (κ1) is 24.0. The van der Waals surface area contributed by atoms with Gasteiger partial charge in [0.1, 0.15) is 11.8 Å². The lowest BCUT2D eigenvalue weighted by Gasteiger charge is -2.30. The Kier molecular flexibility index (Phi) is 9.98. The van der Waals surface area contributed by atoms with Gasteiger partial charge in [-0.05, 0) is 42.7 Å². The first-order chi connectivity index (χ1) is 14.5. The van der Waals surface area contributed by atoms with Crippen molar-refractivity contribution < 1.29 is 14.3 Å². The van der Waals surface area contributed by atoms with E-state index in [1.54, 1.807) is 35.2 Å². The summed E-state index contributed by atoms with van der Waals surface area (Å²) < 4.78 is 5.63. The summed E-state index contributed by atoms with van der Waals surface area (Å²) in [7, 11) is 0. The van der Waals surface area contributed by atoms with E-state index in [1.165, 1.54) is 0 Å². The van der Waals surface area contributed by atoms with Crippen LogP contribution >= 0.6 is 23.2 Å². The van der Waals surface area contributed by atoms with Gasteiger partial charge in [-0.25, -0.2) is 0 Å². The van der Waals surface area contributed by atoms with Crippen LogP contribution in [0.3, 0.4) is 0 Å². The Hall–Kier alpha value is -2.24. The molecule has 2 rings (SSSR count). The van der Waals surface area contributed by atoms with Crippen LogP contribution in [0.25, 0.3) is 0 Å². The van der Waals surface area contributed by atoms with Crippen LogP contribution in [-0.2, 0) is 16.1 Å². The summed E-state index contributed by atoms with van der Waals surface area (Å²) in [5.41, 5.74) is 0.789. The van der Waals surface area contributed by atoms with Crippen molar-refractivity contribution >= 4 is 35.0 Å². The molecule has 0 aliphatic carbocycles. The monoisotopic (exact) mass is 450 g/mol. The second-order valence-corrected chi connectivity index (χ2v) is 7.75. The van der Waals surface area contributed by atoms with Crippen LogP contribution in [0.15, 0.2) is 48.5 Å². The minimum absolute atomic E-state index is 0.163. The number of amides is 2. The van der Waals surface area contributed by atoms with Gasteiger partial charge in [0.2, 0.25) is 5.91 Å². The molecule has 0 aromatic heterocycles. The Labute approximate surface area is 188 Å². The van der Waals surface area contributed by atoms with E-state index >= 15 is 0 Å². The number of benzene rings is 2. The summed E-state index contributed by atoms with van der Waals surface area (Å²) >= 11 is 12.2. The molecule has 2 aromatic rings. The van der Waals surface area contributed by atoms with E-state index in [4.69, 9.17) is 27.9 Å².